The van der Waals surface area contributed by atoms with Gasteiger partial charge in [-0.1, -0.05) is 76.2 Å². The molecule has 2 N–H and O–H groups in total. The highest BCUT2D eigenvalue weighted by Crippen LogP contribution is 2.47. The Labute approximate surface area is 394 Å². The maximum atomic E-state index is 14.9. The van der Waals surface area contributed by atoms with Gasteiger partial charge in [-0.15, -0.1) is 0 Å². The molecule has 0 aromatic heterocycles. The largest absolute Gasteiger partial charge is 0.459 e. The average molecular weight is 946 g/mol. The number of nitrogens with zero attached hydrogens (tertiary/aromatic N) is 2. The first-order valence-corrected chi connectivity index (χ1v) is 30.6. The molecule has 0 aliphatic carbocycles. The molecule has 0 bridgehead atoms. The van der Waals surface area contributed by atoms with E-state index in [-0.39, 0.29) is 51.8 Å². The fraction of sp³-hybridized carbons (Fsp3) is 0.980. The first-order valence-electron chi connectivity index (χ1n) is 24.8. The number of likely N-dealkylation sites (N-methyl/N-ethyl adjacent to an activating group) is 1. The van der Waals surface area contributed by atoms with E-state index < -0.39 is 82.6 Å². The Morgan fingerprint density at radius 3 is 1.80 bits per heavy atom. The second kappa shape index (κ2) is 21.2. The SMILES string of the molecule is CC[C@H]1OC(=O)[C@H](C)[C@@H](OC2CC(C)(C)[C@@H](O[Si](C)(C)C(C)(C)C)[C@H](C)O2)[C@H](C)[C@@H](OC2C[C@@H](N(C)C)C[C@@H](C)O2)[C@](C)(O)C[C@@H](C)CN(C)[C@H](C)[C@@H](O[Si](C)(C)C(C)(C)C)[C@]1(C)O. The van der Waals surface area contributed by atoms with Crippen molar-refractivity contribution in [1.82, 2.24) is 9.80 Å². The lowest BCUT2D eigenvalue weighted by atomic mass is 9.77. The zero-order valence-corrected chi connectivity index (χ0v) is 47.4. The van der Waals surface area contributed by atoms with Crippen LogP contribution in [0.4, 0.5) is 0 Å². The molecule has 0 aromatic carbocycles. The molecule has 0 saturated carbocycles. The summed E-state index contributed by atoms with van der Waals surface area (Å²) >= 11 is 0. The summed E-state index contributed by atoms with van der Waals surface area (Å²) < 4.78 is 48.3. The Hall–Kier alpha value is -0.496. The summed E-state index contributed by atoms with van der Waals surface area (Å²) in [6.45, 7) is 45.1. The highest BCUT2D eigenvalue weighted by molar-refractivity contribution is 6.74. The van der Waals surface area contributed by atoms with Crippen molar-refractivity contribution in [3.05, 3.63) is 0 Å². The Balaban J connectivity index is 2.22. The van der Waals surface area contributed by atoms with E-state index in [1.54, 1.807) is 6.92 Å². The van der Waals surface area contributed by atoms with E-state index in [1.807, 2.05) is 27.7 Å². The number of rotatable bonds is 10. The summed E-state index contributed by atoms with van der Waals surface area (Å²) in [6, 6.07) is -0.0420. The van der Waals surface area contributed by atoms with Crippen molar-refractivity contribution in [2.45, 2.75) is 265 Å². The molecule has 3 heterocycles. The Morgan fingerprint density at radius 2 is 1.31 bits per heavy atom. The summed E-state index contributed by atoms with van der Waals surface area (Å²) in [5.74, 6) is -1.92. The molecule has 16 atom stereocenters. The van der Waals surface area contributed by atoms with Crippen LogP contribution in [0, 0.1) is 23.2 Å². The van der Waals surface area contributed by atoms with Crippen LogP contribution in [0.2, 0.25) is 36.3 Å². The molecule has 0 aromatic rings. The fourth-order valence-corrected chi connectivity index (χ4v) is 13.1. The van der Waals surface area contributed by atoms with Gasteiger partial charge in [0, 0.05) is 37.4 Å². The third kappa shape index (κ3) is 13.8. The van der Waals surface area contributed by atoms with E-state index in [4.69, 9.17) is 32.5 Å². The van der Waals surface area contributed by atoms with Crippen molar-refractivity contribution < 1.29 is 47.5 Å². The van der Waals surface area contributed by atoms with Crippen LogP contribution in [0.3, 0.4) is 0 Å². The Kier molecular flexibility index (Phi) is 19.2. The summed E-state index contributed by atoms with van der Waals surface area (Å²) in [5.41, 5.74) is -3.27. The number of aliphatic hydroxyl groups is 2. The number of carbonyl (C=O) groups is 1. The molecule has 12 nitrogen and oxygen atoms in total. The van der Waals surface area contributed by atoms with Gasteiger partial charge in [0.25, 0.3) is 0 Å². The number of ether oxygens (including phenoxy) is 5. The van der Waals surface area contributed by atoms with Crippen molar-refractivity contribution in [2.24, 2.45) is 23.2 Å². The van der Waals surface area contributed by atoms with E-state index >= 15 is 0 Å². The molecule has 0 amide bonds. The fourth-order valence-electron chi connectivity index (χ4n) is 10.2. The van der Waals surface area contributed by atoms with Crippen LogP contribution < -0.4 is 0 Å². The predicted molar refractivity (Wildman–Crippen MR) is 263 cm³/mol. The maximum absolute atomic E-state index is 14.9. The highest BCUT2D eigenvalue weighted by Gasteiger charge is 2.54. The minimum Gasteiger partial charge on any atom is -0.459 e. The molecular formula is C50H100N2O10Si2. The quantitative estimate of drug-likeness (QED) is 0.160. The average Bonchev–Trinajstić information content (AvgIpc) is 3.12. The zero-order valence-electron chi connectivity index (χ0n) is 45.4. The molecule has 14 heteroatoms. The lowest BCUT2D eigenvalue weighted by molar-refractivity contribution is -0.296. The number of hydrogen-bond acceptors (Lipinski definition) is 12. The van der Waals surface area contributed by atoms with E-state index in [9.17, 15) is 15.0 Å². The Bertz CT molecular complexity index is 1500. The number of hydrogen-bond donors (Lipinski definition) is 2. The minimum atomic E-state index is -2.46. The van der Waals surface area contributed by atoms with Gasteiger partial charge in [-0.05, 0) is 130 Å². The first-order chi connectivity index (χ1) is 28.8. The lowest BCUT2D eigenvalue weighted by Gasteiger charge is -2.51. The molecule has 0 radical (unpaired) electrons. The third-order valence-corrected chi connectivity index (χ3v) is 25.2. The van der Waals surface area contributed by atoms with Crippen LogP contribution in [0.25, 0.3) is 0 Å². The van der Waals surface area contributed by atoms with E-state index in [0.29, 0.717) is 32.2 Å². The second-order valence-corrected chi connectivity index (χ2v) is 34.8. The topological polar surface area (TPSA) is 129 Å². The van der Waals surface area contributed by atoms with Gasteiger partial charge < -0.3 is 52.5 Å². The van der Waals surface area contributed by atoms with Gasteiger partial charge in [0.15, 0.2) is 29.2 Å². The summed E-state index contributed by atoms with van der Waals surface area (Å²) in [7, 11) is 1.59. The zero-order chi connectivity index (χ0) is 49.5. The maximum Gasteiger partial charge on any atom is 0.311 e. The van der Waals surface area contributed by atoms with Gasteiger partial charge in [0.1, 0.15) is 11.7 Å². The third-order valence-electron chi connectivity index (χ3n) is 16.3. The van der Waals surface area contributed by atoms with Crippen LogP contribution in [-0.4, -0.2) is 149 Å². The number of cyclic esters (lactones) is 1. The van der Waals surface area contributed by atoms with Gasteiger partial charge >= 0.3 is 5.97 Å². The monoisotopic (exact) mass is 945 g/mol. The molecule has 0 spiro atoms. The second-order valence-electron chi connectivity index (χ2n) is 25.2. The highest BCUT2D eigenvalue weighted by atomic mass is 28.4. The van der Waals surface area contributed by atoms with Crippen molar-refractivity contribution in [2.75, 3.05) is 27.7 Å². The minimum absolute atomic E-state index is 0.0112. The normalized spacial score (nSPS) is 41.0. The molecule has 3 aliphatic heterocycles. The molecule has 3 rings (SSSR count). The molecule has 3 saturated heterocycles. The van der Waals surface area contributed by atoms with Crippen LogP contribution in [-0.2, 0) is 37.3 Å². The van der Waals surface area contributed by atoms with Crippen LogP contribution in [0.15, 0.2) is 0 Å². The first kappa shape index (κ1) is 57.8. The van der Waals surface area contributed by atoms with Gasteiger partial charge in [-0.3, -0.25) is 4.79 Å². The number of esters is 1. The van der Waals surface area contributed by atoms with Gasteiger partial charge in [0.2, 0.25) is 0 Å². The van der Waals surface area contributed by atoms with E-state index in [2.05, 4.69) is 140 Å². The van der Waals surface area contributed by atoms with Crippen molar-refractivity contribution in [3.8, 4) is 0 Å². The molecular weight excluding hydrogens is 845 g/mol. The lowest BCUT2D eigenvalue weighted by Crippen LogP contribution is -2.63. The van der Waals surface area contributed by atoms with Crippen LogP contribution in [0.1, 0.15) is 150 Å². The van der Waals surface area contributed by atoms with Gasteiger partial charge in [-0.2, -0.15) is 0 Å². The summed E-state index contributed by atoms with van der Waals surface area (Å²) in [6.07, 6.45) is -2.23. The smallest absolute Gasteiger partial charge is 0.311 e. The van der Waals surface area contributed by atoms with E-state index in [1.165, 1.54) is 0 Å². The van der Waals surface area contributed by atoms with Crippen molar-refractivity contribution >= 4 is 22.6 Å². The molecule has 378 valence electrons. The van der Waals surface area contributed by atoms with Crippen molar-refractivity contribution in [3.63, 3.8) is 0 Å². The van der Waals surface area contributed by atoms with Crippen molar-refractivity contribution in [1.29, 1.82) is 0 Å². The van der Waals surface area contributed by atoms with E-state index in [0.717, 1.165) is 6.42 Å². The Morgan fingerprint density at radius 1 is 0.781 bits per heavy atom. The molecule has 2 unspecified atom stereocenters. The molecule has 3 aliphatic rings. The number of carbonyl (C=O) groups excluding carboxylic acids is 1. The molecule has 64 heavy (non-hydrogen) atoms. The predicted octanol–water partition coefficient (Wildman–Crippen LogP) is 9.61. The van der Waals surface area contributed by atoms with Gasteiger partial charge in [-0.25, -0.2) is 0 Å². The van der Waals surface area contributed by atoms with Crippen LogP contribution in [0.5, 0.6) is 0 Å². The standard InChI is InChI=1S/C50H100N2O10Si2/c1-25-38-50(17,55)43(61-63(21,22)46(8,9)10)35(6)52(20)30-31(2)28-49(16,54)42(60-39-27-37(51(18)19)26-32(3)56-39)33(4)41(34(5)45(53)58-38)59-40-29-48(14,15)44(36(7)57-40)62-64(23,24)47(11,12)13/h31-44,54-55H,25-30H2,1-24H3/t31-,32-,33+,34-,35-,36+,37+,38-,39?,40?,41+,42-,43-,44+,49-,50-/m1/s1. The van der Waals surface area contributed by atoms with Crippen LogP contribution >= 0.6 is 0 Å². The van der Waals surface area contributed by atoms with Gasteiger partial charge in [0.05, 0.1) is 48.1 Å². The summed E-state index contributed by atoms with van der Waals surface area (Å²) in [4.78, 5) is 19.4. The summed E-state index contributed by atoms with van der Waals surface area (Å²) in [5, 5.41) is 25.6. The molecule has 3 fully saturated rings.